The van der Waals surface area contributed by atoms with Crippen LogP contribution < -0.4 is 0 Å². The van der Waals surface area contributed by atoms with Crippen molar-refractivity contribution in [1.82, 2.24) is 0 Å². The van der Waals surface area contributed by atoms with E-state index in [4.69, 9.17) is 11.6 Å². The highest BCUT2D eigenvalue weighted by atomic mass is 35.5. The van der Waals surface area contributed by atoms with Crippen molar-refractivity contribution in [2.45, 2.75) is 17.4 Å². The van der Waals surface area contributed by atoms with Crippen LogP contribution in [0.3, 0.4) is 0 Å². The fraction of sp³-hybridized carbons (Fsp3) is 0.273. The van der Waals surface area contributed by atoms with E-state index in [2.05, 4.69) is 6.58 Å². The minimum Gasteiger partial charge on any atom is -0.227 e. The van der Waals surface area contributed by atoms with Gasteiger partial charge in [-0.2, -0.15) is 0 Å². The molecule has 1 aromatic rings. The van der Waals surface area contributed by atoms with Crippen LogP contribution >= 0.6 is 11.6 Å². The van der Waals surface area contributed by atoms with Crippen LogP contribution in [0, 0.1) is 0 Å². The van der Waals surface area contributed by atoms with Crippen LogP contribution in [0.15, 0.2) is 30.8 Å². The molecule has 0 spiro atoms. The van der Waals surface area contributed by atoms with Gasteiger partial charge in [-0.1, -0.05) is 36.9 Å². The van der Waals surface area contributed by atoms with Crippen LogP contribution in [0.25, 0.3) is 6.08 Å². The molecule has 0 saturated carbocycles. The van der Waals surface area contributed by atoms with E-state index < -0.39 is 14.5 Å². The van der Waals surface area contributed by atoms with E-state index >= 15 is 0 Å². The molecule has 1 unspecified atom stereocenters. The van der Waals surface area contributed by atoms with Crippen LogP contribution in [0.5, 0.6) is 0 Å². The van der Waals surface area contributed by atoms with Gasteiger partial charge in [-0.15, -0.1) is 11.6 Å². The number of halogens is 1. The highest BCUT2D eigenvalue weighted by Gasteiger charge is 2.19. The van der Waals surface area contributed by atoms with Gasteiger partial charge in [-0.3, -0.25) is 0 Å². The van der Waals surface area contributed by atoms with E-state index in [1.54, 1.807) is 18.2 Å². The molecule has 2 nitrogen and oxygen atoms in total. The molecule has 1 rings (SSSR count). The quantitative estimate of drug-likeness (QED) is 0.764. The van der Waals surface area contributed by atoms with Crippen molar-refractivity contribution in [2.75, 3.05) is 0 Å². The topological polar surface area (TPSA) is 34.1 Å². The predicted molar refractivity (Wildman–Crippen MR) is 64.5 cm³/mol. The summed E-state index contributed by atoms with van der Waals surface area (Å²) >= 11 is 5.60. The molecule has 0 aliphatic heterocycles. The zero-order chi connectivity index (χ0) is 11.5. The summed E-state index contributed by atoms with van der Waals surface area (Å²) in [5.74, 6) is -0.0418. The van der Waals surface area contributed by atoms with Gasteiger partial charge >= 0.3 is 0 Å². The highest BCUT2D eigenvalue weighted by Crippen LogP contribution is 2.17. The second kappa shape index (κ2) is 4.81. The van der Waals surface area contributed by atoms with Gasteiger partial charge in [0.2, 0.25) is 0 Å². The summed E-state index contributed by atoms with van der Waals surface area (Å²) in [6.45, 7) is 5.10. The molecule has 0 fully saturated rings. The Balaban J connectivity index is 3.05. The predicted octanol–water partition coefficient (Wildman–Crippen LogP) is 2.83. The fourth-order valence-corrected chi connectivity index (χ4v) is 2.31. The molecule has 15 heavy (non-hydrogen) atoms. The third kappa shape index (κ3) is 3.08. The molecule has 0 radical (unpaired) electrons. The summed E-state index contributed by atoms with van der Waals surface area (Å²) in [4.78, 5) is 0. The lowest BCUT2D eigenvalue weighted by Gasteiger charge is -2.08. The molecule has 0 heterocycles. The standard InChI is InChI=1S/C11H13ClO2S/c1-3-10-6-4-5-7-11(10)8-15(13,14)9(2)12/h3-7,9H,1,8H2,2H3. The lowest BCUT2D eigenvalue weighted by molar-refractivity contribution is 0.593. The molecule has 0 saturated heterocycles. The van der Waals surface area contributed by atoms with Crippen molar-refractivity contribution in [3.05, 3.63) is 42.0 Å². The molecule has 0 aromatic heterocycles. The highest BCUT2D eigenvalue weighted by molar-refractivity contribution is 7.92. The molecule has 1 aromatic carbocycles. The zero-order valence-electron chi connectivity index (χ0n) is 8.48. The molecule has 0 bridgehead atoms. The first-order chi connectivity index (χ1) is 6.97. The van der Waals surface area contributed by atoms with E-state index in [9.17, 15) is 8.42 Å². The molecule has 0 aliphatic carbocycles. The largest absolute Gasteiger partial charge is 0.227 e. The second-order valence-corrected chi connectivity index (χ2v) is 6.49. The summed E-state index contributed by atoms with van der Waals surface area (Å²) in [6, 6.07) is 7.25. The van der Waals surface area contributed by atoms with Gasteiger partial charge in [-0.05, 0) is 18.1 Å². The smallest absolute Gasteiger partial charge is 0.170 e. The average molecular weight is 245 g/mol. The van der Waals surface area contributed by atoms with E-state index in [1.807, 2.05) is 12.1 Å². The van der Waals surface area contributed by atoms with Crippen molar-refractivity contribution >= 4 is 27.5 Å². The first-order valence-electron chi connectivity index (χ1n) is 4.53. The monoisotopic (exact) mass is 244 g/mol. The van der Waals surface area contributed by atoms with Crippen molar-refractivity contribution in [1.29, 1.82) is 0 Å². The molecule has 1 atom stereocenters. The average Bonchev–Trinajstić information content (AvgIpc) is 2.18. The molecule has 0 N–H and O–H groups in total. The summed E-state index contributed by atoms with van der Waals surface area (Å²) in [7, 11) is -3.27. The maximum atomic E-state index is 11.6. The maximum Gasteiger partial charge on any atom is 0.170 e. The third-order valence-electron chi connectivity index (χ3n) is 2.13. The maximum absolute atomic E-state index is 11.6. The molecular weight excluding hydrogens is 232 g/mol. The van der Waals surface area contributed by atoms with E-state index in [0.29, 0.717) is 0 Å². The summed E-state index contributed by atoms with van der Waals surface area (Å²) in [6.07, 6.45) is 1.64. The van der Waals surface area contributed by atoms with E-state index in [1.165, 1.54) is 6.92 Å². The number of sulfone groups is 1. The van der Waals surface area contributed by atoms with Gasteiger partial charge in [0.1, 0.15) is 4.71 Å². The van der Waals surface area contributed by atoms with E-state index in [0.717, 1.165) is 11.1 Å². The normalized spacial score (nSPS) is 13.5. The van der Waals surface area contributed by atoms with Crippen molar-refractivity contribution < 1.29 is 8.42 Å². The lowest BCUT2D eigenvalue weighted by atomic mass is 10.1. The molecule has 0 amide bonds. The van der Waals surface area contributed by atoms with Crippen LogP contribution in [-0.2, 0) is 15.6 Å². The van der Waals surface area contributed by atoms with Crippen molar-refractivity contribution in [3.63, 3.8) is 0 Å². The van der Waals surface area contributed by atoms with Crippen LogP contribution in [0.2, 0.25) is 0 Å². The van der Waals surface area contributed by atoms with Crippen LogP contribution in [0.1, 0.15) is 18.1 Å². The van der Waals surface area contributed by atoms with Gasteiger partial charge in [0, 0.05) is 0 Å². The minimum absolute atomic E-state index is 0.0418. The zero-order valence-corrected chi connectivity index (χ0v) is 10.1. The number of benzene rings is 1. The Morgan fingerprint density at radius 2 is 2.07 bits per heavy atom. The first kappa shape index (κ1) is 12.3. The Bertz CT molecular complexity index is 449. The molecule has 4 heteroatoms. The first-order valence-corrected chi connectivity index (χ1v) is 6.68. The third-order valence-corrected chi connectivity index (χ3v) is 4.64. The number of hydrogen-bond donors (Lipinski definition) is 0. The number of alkyl halides is 1. The summed E-state index contributed by atoms with van der Waals surface area (Å²) in [5, 5.41) is 0. The summed E-state index contributed by atoms with van der Waals surface area (Å²) < 4.78 is 22.3. The van der Waals surface area contributed by atoms with Gasteiger partial charge < -0.3 is 0 Å². The van der Waals surface area contributed by atoms with Crippen LogP contribution in [-0.4, -0.2) is 13.1 Å². The minimum atomic E-state index is -3.27. The van der Waals surface area contributed by atoms with Crippen molar-refractivity contribution in [2.24, 2.45) is 0 Å². The lowest BCUT2D eigenvalue weighted by Crippen LogP contribution is -2.14. The Kier molecular flexibility index (Phi) is 3.94. The number of rotatable bonds is 4. The van der Waals surface area contributed by atoms with Gasteiger partial charge in [0.05, 0.1) is 5.75 Å². The Morgan fingerprint density at radius 3 is 2.60 bits per heavy atom. The SMILES string of the molecule is C=Cc1ccccc1CS(=O)(=O)C(C)Cl. The van der Waals surface area contributed by atoms with Gasteiger partial charge in [0.25, 0.3) is 0 Å². The molecular formula is C11H13ClO2S. The van der Waals surface area contributed by atoms with Crippen LogP contribution in [0.4, 0.5) is 0 Å². The van der Waals surface area contributed by atoms with Gasteiger partial charge in [-0.25, -0.2) is 8.42 Å². The fourth-order valence-electron chi connectivity index (χ4n) is 1.20. The number of hydrogen-bond acceptors (Lipinski definition) is 2. The van der Waals surface area contributed by atoms with Crippen molar-refractivity contribution in [3.8, 4) is 0 Å². The van der Waals surface area contributed by atoms with E-state index in [-0.39, 0.29) is 5.75 Å². The Hall–Kier alpha value is -0.800. The summed E-state index contributed by atoms with van der Waals surface area (Å²) in [5.41, 5.74) is 1.57. The van der Waals surface area contributed by atoms with Gasteiger partial charge in [0.15, 0.2) is 9.84 Å². The Morgan fingerprint density at radius 1 is 1.47 bits per heavy atom. The second-order valence-electron chi connectivity index (χ2n) is 3.25. The Labute approximate surface area is 95.5 Å². The molecule has 82 valence electrons. The molecule has 0 aliphatic rings.